The molecule has 1 heterocycles. The molecular weight excluding hydrogens is 251 g/mol. The summed E-state index contributed by atoms with van der Waals surface area (Å²) in [6, 6.07) is 3.90. The van der Waals surface area contributed by atoms with Gasteiger partial charge in [-0.2, -0.15) is 0 Å². The Morgan fingerprint density at radius 3 is 2.55 bits per heavy atom. The van der Waals surface area contributed by atoms with Gasteiger partial charge in [-0.15, -0.1) is 0 Å². The molecule has 1 unspecified atom stereocenters. The molecule has 0 radical (unpaired) electrons. The van der Waals surface area contributed by atoms with Gasteiger partial charge < -0.3 is 10.2 Å². The van der Waals surface area contributed by atoms with E-state index in [4.69, 9.17) is 0 Å². The van der Waals surface area contributed by atoms with Gasteiger partial charge in [0, 0.05) is 24.8 Å². The minimum atomic E-state index is -0.103. The second kappa shape index (κ2) is 6.57. The first-order chi connectivity index (χ1) is 9.56. The van der Waals surface area contributed by atoms with Crippen LogP contribution in [0.3, 0.4) is 0 Å². The van der Waals surface area contributed by atoms with Crippen molar-refractivity contribution < 1.29 is 4.39 Å². The Morgan fingerprint density at radius 1 is 1.35 bits per heavy atom. The van der Waals surface area contributed by atoms with Crippen LogP contribution in [0.1, 0.15) is 50.3 Å². The maximum Gasteiger partial charge on any atom is 0.126 e. The maximum absolute atomic E-state index is 13.9. The number of piperidine rings is 1. The van der Waals surface area contributed by atoms with Gasteiger partial charge in [0.2, 0.25) is 0 Å². The molecule has 1 saturated heterocycles. The predicted octanol–water partition coefficient (Wildman–Crippen LogP) is 4.04. The first kappa shape index (κ1) is 15.3. The third-order valence-corrected chi connectivity index (χ3v) is 4.74. The lowest BCUT2D eigenvalue weighted by Gasteiger charge is -2.35. The highest BCUT2D eigenvalue weighted by molar-refractivity contribution is 5.57. The fourth-order valence-electron chi connectivity index (χ4n) is 3.04. The summed E-state index contributed by atoms with van der Waals surface area (Å²) in [4.78, 5) is 2.43. The lowest BCUT2D eigenvalue weighted by molar-refractivity contribution is 0.394. The number of nitrogens with zero attached hydrogens (tertiary/aromatic N) is 1. The number of hydrogen-bond donors (Lipinski definition) is 1. The topological polar surface area (TPSA) is 15.3 Å². The van der Waals surface area contributed by atoms with E-state index in [2.05, 4.69) is 24.1 Å². The molecule has 0 saturated carbocycles. The number of aryl methyl sites for hydroxylation is 1. The normalized spacial score (nSPS) is 18.4. The summed E-state index contributed by atoms with van der Waals surface area (Å²) in [5, 5.41) is 3.23. The van der Waals surface area contributed by atoms with Crippen molar-refractivity contribution in [1.29, 1.82) is 0 Å². The highest BCUT2D eigenvalue weighted by atomic mass is 19.1. The Labute approximate surface area is 122 Å². The fraction of sp³-hybridized carbons (Fsp3) is 0.647. The zero-order chi connectivity index (χ0) is 14.7. The van der Waals surface area contributed by atoms with E-state index in [9.17, 15) is 4.39 Å². The molecule has 0 aliphatic carbocycles. The molecule has 20 heavy (non-hydrogen) atoms. The summed E-state index contributed by atoms with van der Waals surface area (Å²) in [6.07, 6.45) is 3.77. The van der Waals surface area contributed by atoms with Gasteiger partial charge in [0.1, 0.15) is 5.82 Å². The Balaban J connectivity index is 2.28. The van der Waals surface area contributed by atoms with E-state index in [1.807, 2.05) is 20.0 Å². The summed E-state index contributed by atoms with van der Waals surface area (Å²) in [5.41, 5.74) is 3.02. The highest BCUT2D eigenvalue weighted by Gasteiger charge is 2.22. The first-order valence-corrected chi connectivity index (χ1v) is 7.79. The third kappa shape index (κ3) is 3.14. The Kier molecular flexibility index (Phi) is 5.03. The van der Waals surface area contributed by atoms with Crippen molar-refractivity contribution in [3.63, 3.8) is 0 Å². The second-order valence-electron chi connectivity index (χ2n) is 6.01. The SMILES string of the molecule is CCC1CCN(c2cc(C)c(F)cc2C(C)NC)CC1. The van der Waals surface area contributed by atoms with E-state index in [-0.39, 0.29) is 11.9 Å². The molecule has 1 aromatic rings. The van der Waals surface area contributed by atoms with Crippen LogP contribution in [0.5, 0.6) is 0 Å². The summed E-state index contributed by atoms with van der Waals surface area (Å²) in [7, 11) is 1.93. The number of rotatable bonds is 4. The number of halogens is 1. The molecule has 3 heteroatoms. The van der Waals surface area contributed by atoms with E-state index in [1.165, 1.54) is 24.9 Å². The van der Waals surface area contributed by atoms with Crippen molar-refractivity contribution in [2.75, 3.05) is 25.0 Å². The van der Waals surface area contributed by atoms with Gasteiger partial charge in [0.25, 0.3) is 0 Å². The second-order valence-corrected chi connectivity index (χ2v) is 6.01. The molecule has 2 nitrogen and oxygen atoms in total. The van der Waals surface area contributed by atoms with Gasteiger partial charge in [0.05, 0.1) is 0 Å². The fourth-order valence-corrected chi connectivity index (χ4v) is 3.04. The number of hydrogen-bond acceptors (Lipinski definition) is 2. The first-order valence-electron chi connectivity index (χ1n) is 7.79. The number of nitrogens with one attached hydrogen (secondary N) is 1. The van der Waals surface area contributed by atoms with Gasteiger partial charge in [-0.1, -0.05) is 13.3 Å². The van der Waals surface area contributed by atoms with Gasteiger partial charge in [-0.3, -0.25) is 0 Å². The van der Waals surface area contributed by atoms with Gasteiger partial charge >= 0.3 is 0 Å². The van der Waals surface area contributed by atoms with Crippen LogP contribution in [0.4, 0.5) is 10.1 Å². The third-order valence-electron chi connectivity index (χ3n) is 4.74. The minimum absolute atomic E-state index is 0.103. The van der Waals surface area contributed by atoms with Crippen LogP contribution in [0.2, 0.25) is 0 Å². The summed E-state index contributed by atoms with van der Waals surface area (Å²) >= 11 is 0. The summed E-state index contributed by atoms with van der Waals surface area (Å²) in [6.45, 7) is 8.40. The van der Waals surface area contributed by atoms with Crippen molar-refractivity contribution >= 4 is 5.69 Å². The molecule has 0 amide bonds. The van der Waals surface area contributed by atoms with E-state index < -0.39 is 0 Å². The van der Waals surface area contributed by atoms with Crippen LogP contribution in [0.25, 0.3) is 0 Å². The van der Waals surface area contributed by atoms with Crippen molar-refractivity contribution in [2.24, 2.45) is 5.92 Å². The molecule has 0 aromatic heterocycles. The molecule has 1 N–H and O–H groups in total. The van der Waals surface area contributed by atoms with Crippen molar-refractivity contribution in [2.45, 2.75) is 46.1 Å². The monoisotopic (exact) mass is 278 g/mol. The molecule has 1 atom stereocenters. The van der Waals surface area contributed by atoms with Crippen LogP contribution in [0.15, 0.2) is 12.1 Å². The Bertz CT molecular complexity index is 451. The average molecular weight is 278 g/mol. The lowest BCUT2D eigenvalue weighted by atomic mass is 9.93. The van der Waals surface area contributed by atoms with E-state index >= 15 is 0 Å². The molecule has 1 aromatic carbocycles. The molecule has 1 fully saturated rings. The minimum Gasteiger partial charge on any atom is -0.371 e. The van der Waals surface area contributed by atoms with Crippen molar-refractivity contribution in [3.05, 3.63) is 29.1 Å². The van der Waals surface area contributed by atoms with Gasteiger partial charge in [-0.25, -0.2) is 4.39 Å². The number of benzene rings is 1. The zero-order valence-corrected chi connectivity index (χ0v) is 13.2. The Hall–Kier alpha value is -1.09. The molecule has 0 bridgehead atoms. The number of anilines is 1. The zero-order valence-electron chi connectivity index (χ0n) is 13.2. The Morgan fingerprint density at radius 2 is 2.00 bits per heavy atom. The molecule has 2 rings (SSSR count). The van der Waals surface area contributed by atoms with Crippen molar-refractivity contribution in [3.8, 4) is 0 Å². The summed E-state index contributed by atoms with van der Waals surface area (Å²) < 4.78 is 13.9. The van der Waals surface area contributed by atoms with Crippen LogP contribution in [-0.4, -0.2) is 20.1 Å². The predicted molar refractivity (Wildman–Crippen MR) is 83.8 cm³/mol. The van der Waals surface area contributed by atoms with Crippen LogP contribution < -0.4 is 10.2 Å². The molecule has 0 spiro atoms. The largest absolute Gasteiger partial charge is 0.371 e. The van der Waals surface area contributed by atoms with E-state index in [1.54, 1.807) is 6.07 Å². The molecule has 1 aliphatic heterocycles. The molecular formula is C17H27FN2. The average Bonchev–Trinajstić information content (AvgIpc) is 2.49. The molecule has 1 aliphatic rings. The van der Waals surface area contributed by atoms with E-state index in [0.29, 0.717) is 0 Å². The van der Waals surface area contributed by atoms with Crippen LogP contribution in [0, 0.1) is 18.7 Å². The molecule has 112 valence electrons. The van der Waals surface area contributed by atoms with Crippen LogP contribution in [-0.2, 0) is 0 Å². The standard InChI is InChI=1S/C17H27FN2/c1-5-14-6-8-20(9-7-14)17-10-12(2)16(18)11-15(17)13(3)19-4/h10-11,13-14,19H,5-9H2,1-4H3. The maximum atomic E-state index is 13.9. The van der Waals surface area contributed by atoms with Crippen molar-refractivity contribution in [1.82, 2.24) is 5.32 Å². The van der Waals surface area contributed by atoms with E-state index in [0.717, 1.165) is 30.1 Å². The quantitative estimate of drug-likeness (QED) is 0.894. The smallest absolute Gasteiger partial charge is 0.126 e. The highest BCUT2D eigenvalue weighted by Crippen LogP contribution is 2.32. The summed E-state index contributed by atoms with van der Waals surface area (Å²) in [5.74, 6) is 0.757. The van der Waals surface area contributed by atoms with Gasteiger partial charge in [0.15, 0.2) is 0 Å². The van der Waals surface area contributed by atoms with Crippen LogP contribution >= 0.6 is 0 Å². The van der Waals surface area contributed by atoms with Gasteiger partial charge in [-0.05, 0) is 62.9 Å². The lowest BCUT2D eigenvalue weighted by Crippen LogP contribution is -2.34.